The molecular weight excluding hydrogens is 324 g/mol. The van der Waals surface area contributed by atoms with E-state index in [4.69, 9.17) is 0 Å². The summed E-state index contributed by atoms with van der Waals surface area (Å²) < 4.78 is 27.5. The predicted octanol–water partition coefficient (Wildman–Crippen LogP) is 4.22. The molecule has 1 heterocycles. The Morgan fingerprint density at radius 2 is 1.60 bits per heavy atom. The van der Waals surface area contributed by atoms with Crippen LogP contribution >= 0.6 is 0 Å². The highest BCUT2D eigenvalue weighted by atomic mass is 19.1. The third-order valence-electron chi connectivity index (χ3n) is 4.10. The molecule has 1 aliphatic rings. The van der Waals surface area contributed by atoms with Gasteiger partial charge in [-0.05, 0) is 47.5 Å². The maximum atomic E-state index is 13.8. The number of nitrogens with zero attached hydrogens (tertiary/aromatic N) is 1. The summed E-state index contributed by atoms with van der Waals surface area (Å²) in [7, 11) is 0. The molecule has 0 atom stereocenters. The molecule has 4 rings (SSSR count). The van der Waals surface area contributed by atoms with E-state index < -0.39 is 11.6 Å². The lowest BCUT2D eigenvalue weighted by atomic mass is 9.94. The van der Waals surface area contributed by atoms with Gasteiger partial charge < -0.3 is 5.11 Å². The van der Waals surface area contributed by atoms with E-state index in [1.165, 1.54) is 36.5 Å². The molecule has 0 spiro atoms. The zero-order valence-electron chi connectivity index (χ0n) is 12.8. The van der Waals surface area contributed by atoms with Gasteiger partial charge in [-0.15, -0.1) is 0 Å². The highest BCUT2D eigenvalue weighted by molar-refractivity contribution is 6.41. The molecule has 122 valence electrons. The number of fused-ring (bicyclic) bond motifs is 1. The van der Waals surface area contributed by atoms with Gasteiger partial charge in [0.1, 0.15) is 17.4 Å². The van der Waals surface area contributed by atoms with Gasteiger partial charge in [0.05, 0.1) is 0 Å². The second kappa shape index (κ2) is 5.63. The highest BCUT2D eigenvalue weighted by Crippen LogP contribution is 2.43. The number of carbonyl (C=O) groups is 1. The first kappa shape index (κ1) is 15.2. The van der Waals surface area contributed by atoms with E-state index in [0.29, 0.717) is 27.8 Å². The number of carbonyl (C=O) groups excluding carboxylic acids is 1. The molecule has 3 aromatic rings. The van der Waals surface area contributed by atoms with Crippen LogP contribution in [0.25, 0.3) is 11.1 Å². The first-order valence-corrected chi connectivity index (χ1v) is 7.54. The molecule has 1 aliphatic carbocycles. The molecule has 0 aliphatic heterocycles. The summed E-state index contributed by atoms with van der Waals surface area (Å²) in [6.45, 7) is 0. The molecule has 1 aromatic heterocycles. The highest BCUT2D eigenvalue weighted by Gasteiger charge is 2.32. The Balaban J connectivity index is 2.07. The second-order valence-electron chi connectivity index (χ2n) is 5.71. The molecule has 5 heteroatoms. The van der Waals surface area contributed by atoms with Crippen LogP contribution in [0, 0.1) is 11.6 Å². The summed E-state index contributed by atoms with van der Waals surface area (Å²) >= 11 is 0. The van der Waals surface area contributed by atoms with E-state index in [-0.39, 0.29) is 17.1 Å². The second-order valence-corrected chi connectivity index (χ2v) is 5.71. The smallest absolute Gasteiger partial charge is 0.194 e. The van der Waals surface area contributed by atoms with Crippen molar-refractivity contribution in [1.29, 1.82) is 0 Å². The minimum absolute atomic E-state index is 0.0339. The third-order valence-corrected chi connectivity index (χ3v) is 4.10. The number of aromatic hydroxyl groups is 1. The molecule has 0 radical (unpaired) electrons. The molecule has 0 saturated heterocycles. The molecule has 0 bridgehead atoms. The Kier molecular flexibility index (Phi) is 3.42. The summed E-state index contributed by atoms with van der Waals surface area (Å²) in [5.41, 5.74) is 2.27. The van der Waals surface area contributed by atoms with Crippen LogP contribution in [0.2, 0.25) is 0 Å². The number of ketones is 1. The molecule has 0 amide bonds. The summed E-state index contributed by atoms with van der Waals surface area (Å²) in [5, 5.41) is 9.82. The number of Topliss-reactive ketones (excluding diaryl/α,β-unsaturated/α-hetero) is 1. The van der Waals surface area contributed by atoms with Crippen LogP contribution in [0.3, 0.4) is 0 Å². The van der Waals surface area contributed by atoms with Crippen LogP contribution < -0.4 is 0 Å². The maximum Gasteiger partial charge on any atom is 0.194 e. The lowest BCUT2D eigenvalue weighted by Gasteiger charge is -2.09. The molecule has 0 unspecified atom stereocenters. The zero-order chi connectivity index (χ0) is 17.6. The Labute approximate surface area is 141 Å². The zero-order valence-corrected chi connectivity index (χ0v) is 12.8. The van der Waals surface area contributed by atoms with Crippen LogP contribution in [0.5, 0.6) is 5.75 Å². The normalized spacial score (nSPS) is 13.3. The number of phenolic OH excluding ortho intramolecular Hbond substituents is 1. The van der Waals surface area contributed by atoms with Crippen molar-refractivity contribution < 1.29 is 18.7 Å². The number of halogens is 2. The first-order valence-electron chi connectivity index (χ1n) is 7.54. The summed E-state index contributed by atoms with van der Waals surface area (Å²) in [6.07, 6.45) is 3.10. The van der Waals surface area contributed by atoms with Crippen molar-refractivity contribution in [1.82, 2.24) is 4.98 Å². The topological polar surface area (TPSA) is 50.2 Å². The van der Waals surface area contributed by atoms with Crippen LogP contribution in [0.15, 0.2) is 60.9 Å². The number of rotatable bonds is 2. The molecule has 0 saturated carbocycles. The lowest BCUT2D eigenvalue weighted by molar-refractivity contribution is 0.105. The van der Waals surface area contributed by atoms with Crippen molar-refractivity contribution in [2.24, 2.45) is 0 Å². The quantitative estimate of drug-likeness (QED) is 0.763. The minimum atomic E-state index is -0.742. The lowest BCUT2D eigenvalue weighted by Crippen LogP contribution is -1.98. The number of phenols is 1. The number of benzene rings is 2. The van der Waals surface area contributed by atoms with E-state index in [2.05, 4.69) is 4.98 Å². The molecule has 25 heavy (non-hydrogen) atoms. The van der Waals surface area contributed by atoms with E-state index in [1.54, 1.807) is 18.3 Å². The molecule has 0 fully saturated rings. The number of aromatic nitrogens is 1. The van der Waals surface area contributed by atoms with Gasteiger partial charge in [-0.2, -0.15) is 0 Å². The average molecular weight is 335 g/mol. The summed E-state index contributed by atoms with van der Waals surface area (Å²) in [5.74, 6) is -1.79. The van der Waals surface area contributed by atoms with Gasteiger partial charge in [-0.1, -0.05) is 6.07 Å². The fourth-order valence-electron chi connectivity index (χ4n) is 3.10. The molecule has 1 N–H and O–H groups in total. The predicted molar refractivity (Wildman–Crippen MR) is 88.9 cm³/mol. The average Bonchev–Trinajstić information content (AvgIpc) is 2.87. The van der Waals surface area contributed by atoms with E-state index in [0.717, 1.165) is 6.07 Å². The van der Waals surface area contributed by atoms with Gasteiger partial charge in [0.25, 0.3) is 0 Å². The fraction of sp³-hybridized carbons (Fsp3) is 0. The van der Waals surface area contributed by atoms with Crippen molar-refractivity contribution in [3.05, 3.63) is 94.8 Å². The monoisotopic (exact) mass is 335 g/mol. The molecule has 2 aromatic carbocycles. The van der Waals surface area contributed by atoms with Crippen LogP contribution in [0.1, 0.15) is 27.0 Å². The van der Waals surface area contributed by atoms with Gasteiger partial charge in [-0.25, -0.2) is 8.78 Å². The van der Waals surface area contributed by atoms with E-state index >= 15 is 0 Å². The van der Waals surface area contributed by atoms with Gasteiger partial charge in [0.2, 0.25) is 0 Å². The van der Waals surface area contributed by atoms with E-state index in [9.17, 15) is 18.7 Å². The Hall–Kier alpha value is -3.34. The van der Waals surface area contributed by atoms with Gasteiger partial charge in [0.15, 0.2) is 5.78 Å². The number of pyridine rings is 1. The number of hydrogen-bond donors (Lipinski definition) is 1. The largest absolute Gasteiger partial charge is 0.508 e. The number of hydrogen-bond acceptors (Lipinski definition) is 3. The van der Waals surface area contributed by atoms with Crippen molar-refractivity contribution >= 4 is 16.9 Å². The summed E-state index contributed by atoms with van der Waals surface area (Å²) in [6, 6.07) is 10.8. The van der Waals surface area contributed by atoms with Crippen molar-refractivity contribution in [3.8, 4) is 5.75 Å². The fourth-order valence-corrected chi connectivity index (χ4v) is 3.10. The van der Waals surface area contributed by atoms with Crippen LogP contribution in [-0.2, 0) is 0 Å². The molecule has 3 nitrogen and oxygen atoms in total. The number of allylic oxidation sites excluding steroid dienone is 1. The van der Waals surface area contributed by atoms with Crippen molar-refractivity contribution in [3.63, 3.8) is 0 Å². The Bertz CT molecular complexity index is 1020. The maximum absolute atomic E-state index is 13.8. The van der Waals surface area contributed by atoms with Gasteiger partial charge >= 0.3 is 0 Å². The SMILES string of the molecule is O=C1C(c2cccnc2)=C(c2cc(F)cc(F)c2)c2cc(O)ccc21. The molecular formula is C20H11F2NO2. The van der Waals surface area contributed by atoms with Crippen LogP contribution in [-0.4, -0.2) is 15.9 Å². The minimum Gasteiger partial charge on any atom is -0.508 e. The summed E-state index contributed by atoms with van der Waals surface area (Å²) in [4.78, 5) is 16.9. The van der Waals surface area contributed by atoms with Crippen LogP contribution in [0.4, 0.5) is 8.78 Å². The van der Waals surface area contributed by atoms with Crippen molar-refractivity contribution in [2.45, 2.75) is 0 Å². The van der Waals surface area contributed by atoms with Crippen molar-refractivity contribution in [2.75, 3.05) is 0 Å². The third kappa shape index (κ3) is 2.50. The van der Waals surface area contributed by atoms with Gasteiger partial charge in [-0.3, -0.25) is 9.78 Å². The van der Waals surface area contributed by atoms with Gasteiger partial charge in [0, 0.05) is 40.7 Å². The first-order chi connectivity index (χ1) is 12.0. The van der Waals surface area contributed by atoms with E-state index in [1.807, 2.05) is 0 Å². The Morgan fingerprint density at radius 3 is 2.28 bits per heavy atom. The Morgan fingerprint density at radius 1 is 0.840 bits per heavy atom. The standard InChI is InChI=1S/C20H11F2NO2/c21-13-6-12(7-14(22)8-13)18-17-9-15(24)3-4-16(17)20(25)19(18)11-2-1-5-23-10-11/h1-10,24H.